The monoisotopic (exact) mass is 299 g/mol. The summed E-state index contributed by atoms with van der Waals surface area (Å²) in [4.78, 5) is 0. The van der Waals surface area contributed by atoms with Crippen LogP contribution in [-0.4, -0.2) is 20.3 Å². The molecule has 0 aromatic heterocycles. The number of ether oxygens (including phenoxy) is 2. The largest absolute Gasteiger partial charge is 0.496 e. The topological polar surface area (TPSA) is 44.5 Å². The molecule has 0 aliphatic heterocycles. The summed E-state index contributed by atoms with van der Waals surface area (Å²) < 4.78 is 11.1. The zero-order chi connectivity index (χ0) is 15.9. The molecule has 0 heterocycles. The van der Waals surface area contributed by atoms with Crippen LogP contribution >= 0.6 is 0 Å². The molecule has 0 fully saturated rings. The van der Waals surface area contributed by atoms with Gasteiger partial charge in [-0.15, -0.1) is 0 Å². The fourth-order valence-corrected chi connectivity index (χ4v) is 2.71. The van der Waals surface area contributed by atoms with Crippen LogP contribution in [0.1, 0.15) is 29.5 Å². The Morgan fingerprint density at radius 2 is 1.95 bits per heavy atom. The zero-order valence-electron chi connectivity index (χ0n) is 13.6. The van der Waals surface area contributed by atoms with Gasteiger partial charge < -0.3 is 15.2 Å². The van der Waals surface area contributed by atoms with Crippen LogP contribution in [0.2, 0.25) is 0 Å². The van der Waals surface area contributed by atoms with E-state index in [2.05, 4.69) is 31.2 Å². The summed E-state index contributed by atoms with van der Waals surface area (Å²) in [6.07, 6.45) is 0.872. The molecule has 0 bridgehead atoms. The van der Waals surface area contributed by atoms with Gasteiger partial charge >= 0.3 is 0 Å². The van der Waals surface area contributed by atoms with Crippen molar-refractivity contribution in [3.63, 3.8) is 0 Å². The number of benzene rings is 2. The third kappa shape index (κ3) is 4.01. The maximum absolute atomic E-state index is 6.04. The van der Waals surface area contributed by atoms with Gasteiger partial charge in [0, 0.05) is 5.92 Å². The van der Waals surface area contributed by atoms with Gasteiger partial charge in [0.05, 0.1) is 13.7 Å². The summed E-state index contributed by atoms with van der Waals surface area (Å²) in [5, 5.41) is 0. The Morgan fingerprint density at radius 1 is 1.14 bits per heavy atom. The number of methoxy groups -OCH3 is 1. The lowest BCUT2D eigenvalue weighted by Crippen LogP contribution is -2.16. The summed E-state index contributed by atoms with van der Waals surface area (Å²) in [6.45, 7) is 5.34. The van der Waals surface area contributed by atoms with Crippen molar-refractivity contribution < 1.29 is 9.47 Å². The second-order valence-electron chi connectivity index (χ2n) is 5.46. The first-order valence-corrected chi connectivity index (χ1v) is 7.74. The summed E-state index contributed by atoms with van der Waals surface area (Å²) in [7, 11) is 1.71. The highest BCUT2D eigenvalue weighted by Crippen LogP contribution is 2.30. The molecule has 2 N–H and O–H groups in total. The Kier molecular flexibility index (Phi) is 5.84. The smallest absolute Gasteiger partial charge is 0.122 e. The van der Waals surface area contributed by atoms with E-state index in [1.807, 2.05) is 25.1 Å². The highest BCUT2D eigenvalue weighted by atomic mass is 16.5. The van der Waals surface area contributed by atoms with Crippen molar-refractivity contribution in [2.24, 2.45) is 5.73 Å². The first kappa shape index (κ1) is 16.4. The van der Waals surface area contributed by atoms with Gasteiger partial charge in [0.15, 0.2) is 0 Å². The summed E-state index contributed by atoms with van der Waals surface area (Å²) in [5.41, 5.74) is 9.66. The molecule has 0 amide bonds. The molecular weight excluding hydrogens is 274 g/mol. The lowest BCUT2D eigenvalue weighted by Gasteiger charge is -2.19. The third-order valence-electron chi connectivity index (χ3n) is 3.80. The lowest BCUT2D eigenvalue weighted by atomic mass is 9.90. The number of hydrogen-bond acceptors (Lipinski definition) is 3. The highest BCUT2D eigenvalue weighted by molar-refractivity contribution is 5.41. The van der Waals surface area contributed by atoms with E-state index in [0.717, 1.165) is 17.9 Å². The molecule has 3 heteroatoms. The van der Waals surface area contributed by atoms with E-state index in [-0.39, 0.29) is 5.92 Å². The van der Waals surface area contributed by atoms with Crippen LogP contribution in [0.4, 0.5) is 0 Å². The van der Waals surface area contributed by atoms with Crippen molar-refractivity contribution in [1.29, 1.82) is 0 Å². The molecule has 1 atom stereocenters. The van der Waals surface area contributed by atoms with Crippen LogP contribution in [0.25, 0.3) is 0 Å². The molecule has 3 nitrogen and oxygen atoms in total. The predicted octanol–water partition coefficient (Wildman–Crippen LogP) is 3.69. The molecule has 0 radical (unpaired) electrons. The Labute approximate surface area is 133 Å². The van der Waals surface area contributed by atoms with Crippen molar-refractivity contribution in [1.82, 2.24) is 0 Å². The predicted molar refractivity (Wildman–Crippen MR) is 90.8 cm³/mol. The van der Waals surface area contributed by atoms with Crippen molar-refractivity contribution in [2.75, 3.05) is 20.3 Å². The number of aryl methyl sites for hydroxylation is 1. The Bertz CT molecular complexity index is 610. The molecule has 118 valence electrons. The van der Waals surface area contributed by atoms with Crippen molar-refractivity contribution in [3.05, 3.63) is 59.2 Å². The summed E-state index contributed by atoms with van der Waals surface area (Å²) in [5.74, 6) is 2.04. The minimum Gasteiger partial charge on any atom is -0.496 e. The van der Waals surface area contributed by atoms with E-state index < -0.39 is 0 Å². The van der Waals surface area contributed by atoms with Crippen LogP contribution in [0.15, 0.2) is 42.5 Å². The molecule has 0 aliphatic carbocycles. The molecule has 2 aromatic rings. The van der Waals surface area contributed by atoms with E-state index in [0.29, 0.717) is 13.2 Å². The van der Waals surface area contributed by atoms with Gasteiger partial charge in [0.25, 0.3) is 0 Å². The second kappa shape index (κ2) is 7.85. The van der Waals surface area contributed by atoms with E-state index in [1.54, 1.807) is 7.11 Å². The van der Waals surface area contributed by atoms with E-state index in [1.165, 1.54) is 16.7 Å². The molecule has 1 unspecified atom stereocenters. The van der Waals surface area contributed by atoms with E-state index in [4.69, 9.17) is 15.2 Å². The van der Waals surface area contributed by atoms with Gasteiger partial charge in [-0.3, -0.25) is 0 Å². The maximum atomic E-state index is 6.04. The van der Waals surface area contributed by atoms with Gasteiger partial charge in [-0.25, -0.2) is 0 Å². The molecule has 2 rings (SSSR count). The minimum absolute atomic E-state index is 0.228. The number of nitrogens with two attached hydrogens (primary N) is 1. The second-order valence-corrected chi connectivity index (χ2v) is 5.46. The molecule has 0 spiro atoms. The van der Waals surface area contributed by atoms with Crippen molar-refractivity contribution >= 4 is 0 Å². The molecular formula is C19H25NO2. The van der Waals surface area contributed by atoms with Gasteiger partial charge in [0.1, 0.15) is 11.5 Å². The van der Waals surface area contributed by atoms with Crippen molar-refractivity contribution in [3.8, 4) is 11.5 Å². The molecule has 2 aromatic carbocycles. The van der Waals surface area contributed by atoms with Crippen LogP contribution in [0, 0.1) is 6.92 Å². The third-order valence-corrected chi connectivity index (χ3v) is 3.80. The first-order valence-electron chi connectivity index (χ1n) is 7.74. The minimum atomic E-state index is 0.228. The van der Waals surface area contributed by atoms with Crippen LogP contribution in [-0.2, 0) is 6.42 Å². The molecule has 0 aliphatic rings. The van der Waals surface area contributed by atoms with Gasteiger partial charge in [-0.05, 0) is 56.1 Å². The number of hydrogen-bond donors (Lipinski definition) is 1. The molecule has 0 saturated carbocycles. The normalized spacial score (nSPS) is 12.0. The Morgan fingerprint density at radius 3 is 2.64 bits per heavy atom. The van der Waals surface area contributed by atoms with Crippen LogP contribution < -0.4 is 15.2 Å². The summed E-state index contributed by atoms with van der Waals surface area (Å²) in [6, 6.07) is 14.5. The Hall–Kier alpha value is -2.00. The highest BCUT2D eigenvalue weighted by Gasteiger charge is 2.16. The van der Waals surface area contributed by atoms with Gasteiger partial charge in [-0.2, -0.15) is 0 Å². The van der Waals surface area contributed by atoms with Gasteiger partial charge in [0.2, 0.25) is 0 Å². The molecule has 22 heavy (non-hydrogen) atoms. The lowest BCUT2D eigenvalue weighted by molar-refractivity contribution is 0.340. The fourth-order valence-electron chi connectivity index (χ4n) is 2.71. The van der Waals surface area contributed by atoms with Crippen molar-refractivity contribution in [2.45, 2.75) is 26.2 Å². The van der Waals surface area contributed by atoms with Gasteiger partial charge in [-0.1, -0.05) is 29.8 Å². The quantitative estimate of drug-likeness (QED) is 0.848. The average molecular weight is 299 g/mol. The first-order chi connectivity index (χ1) is 10.7. The van der Waals surface area contributed by atoms with E-state index >= 15 is 0 Å². The number of rotatable bonds is 7. The fraction of sp³-hybridized carbons (Fsp3) is 0.368. The zero-order valence-corrected chi connectivity index (χ0v) is 13.6. The average Bonchev–Trinajstić information content (AvgIpc) is 2.53. The van der Waals surface area contributed by atoms with Crippen LogP contribution in [0.3, 0.4) is 0 Å². The SMILES string of the molecule is CCOc1cccc(CC(CN)c2cc(C)ccc2OC)c1. The Balaban J connectivity index is 2.25. The molecule has 0 saturated heterocycles. The van der Waals surface area contributed by atoms with Crippen LogP contribution in [0.5, 0.6) is 11.5 Å². The van der Waals surface area contributed by atoms with E-state index in [9.17, 15) is 0 Å². The maximum Gasteiger partial charge on any atom is 0.122 e. The summed E-state index contributed by atoms with van der Waals surface area (Å²) >= 11 is 0. The standard InChI is InChI=1S/C19H25NO2/c1-4-22-17-7-5-6-15(12-17)11-16(13-20)18-10-14(2)8-9-19(18)21-3/h5-10,12,16H,4,11,13,20H2,1-3H3.